The molecule has 0 bridgehead atoms. The molecule has 5 heteroatoms. The second-order valence-corrected chi connectivity index (χ2v) is 3.69. The van der Waals surface area contributed by atoms with Crippen molar-refractivity contribution in [2.45, 2.75) is 13.1 Å². The van der Waals surface area contributed by atoms with E-state index in [0.717, 1.165) is 6.54 Å². The van der Waals surface area contributed by atoms with Crippen LogP contribution in [-0.2, 0) is 13.1 Å². The molecule has 1 aromatic carbocycles. The minimum Gasteiger partial charge on any atom is -0.505 e. The van der Waals surface area contributed by atoms with Crippen molar-refractivity contribution >= 4 is 0 Å². The van der Waals surface area contributed by atoms with Crippen LogP contribution in [0.3, 0.4) is 0 Å². The molecule has 1 aromatic heterocycles. The Kier molecular flexibility index (Phi) is 3.72. The molecule has 0 aliphatic rings. The van der Waals surface area contributed by atoms with Gasteiger partial charge in [-0.15, -0.1) is 0 Å². The third-order valence-electron chi connectivity index (χ3n) is 2.46. The van der Waals surface area contributed by atoms with Gasteiger partial charge in [-0.1, -0.05) is 12.1 Å². The van der Waals surface area contributed by atoms with E-state index in [1.807, 2.05) is 12.3 Å². The van der Waals surface area contributed by atoms with Crippen LogP contribution in [0, 0.1) is 5.82 Å². The second kappa shape index (κ2) is 5.45. The lowest BCUT2D eigenvalue weighted by Gasteiger charge is -2.07. The molecule has 0 radical (unpaired) electrons. The van der Waals surface area contributed by atoms with Crippen LogP contribution in [0.15, 0.2) is 36.7 Å². The summed E-state index contributed by atoms with van der Waals surface area (Å²) in [6.45, 7) is 1.88. The fourth-order valence-electron chi connectivity index (χ4n) is 1.55. The molecule has 0 aliphatic carbocycles. The van der Waals surface area contributed by atoms with Gasteiger partial charge < -0.3 is 10.4 Å². The Balaban J connectivity index is 1.80. The second-order valence-electron chi connectivity index (χ2n) is 3.69. The van der Waals surface area contributed by atoms with Crippen LogP contribution in [0.25, 0.3) is 0 Å². The average molecular weight is 235 g/mol. The lowest BCUT2D eigenvalue weighted by Crippen LogP contribution is -2.19. The van der Waals surface area contributed by atoms with E-state index in [2.05, 4.69) is 10.4 Å². The van der Waals surface area contributed by atoms with Gasteiger partial charge in [0.2, 0.25) is 0 Å². The van der Waals surface area contributed by atoms with Gasteiger partial charge in [0.1, 0.15) is 0 Å². The van der Waals surface area contributed by atoms with Crippen LogP contribution in [0.5, 0.6) is 5.75 Å². The maximum absolute atomic E-state index is 13.0. The predicted molar refractivity (Wildman–Crippen MR) is 62.0 cm³/mol. The van der Waals surface area contributed by atoms with E-state index < -0.39 is 5.82 Å². The Morgan fingerprint density at radius 2 is 2.24 bits per heavy atom. The summed E-state index contributed by atoms with van der Waals surface area (Å²) in [4.78, 5) is 0. The zero-order chi connectivity index (χ0) is 12.1. The summed E-state index contributed by atoms with van der Waals surface area (Å²) in [6.07, 6.45) is 3.60. The number of hydrogen-bond acceptors (Lipinski definition) is 3. The quantitative estimate of drug-likeness (QED) is 0.772. The highest BCUT2D eigenvalue weighted by Crippen LogP contribution is 2.19. The Labute approximate surface area is 98.7 Å². The molecule has 2 N–H and O–H groups in total. The van der Waals surface area contributed by atoms with E-state index in [1.165, 1.54) is 6.07 Å². The van der Waals surface area contributed by atoms with Gasteiger partial charge in [0.15, 0.2) is 11.6 Å². The first-order valence-electron chi connectivity index (χ1n) is 5.42. The van der Waals surface area contributed by atoms with Crippen LogP contribution in [-0.4, -0.2) is 21.4 Å². The predicted octanol–water partition coefficient (Wildman–Crippen LogP) is 1.52. The Morgan fingerprint density at radius 1 is 1.35 bits per heavy atom. The first kappa shape index (κ1) is 11.6. The van der Waals surface area contributed by atoms with Crippen molar-refractivity contribution in [3.8, 4) is 5.75 Å². The molecule has 0 unspecified atom stereocenters. The van der Waals surface area contributed by atoms with Crippen molar-refractivity contribution in [2.75, 3.05) is 6.54 Å². The first-order chi connectivity index (χ1) is 8.27. The Bertz CT molecular complexity index is 471. The lowest BCUT2D eigenvalue weighted by molar-refractivity contribution is 0.422. The van der Waals surface area contributed by atoms with E-state index in [1.54, 1.807) is 23.0 Å². The molecule has 0 spiro atoms. The summed E-state index contributed by atoms with van der Waals surface area (Å²) < 4.78 is 14.8. The minimum absolute atomic E-state index is 0.279. The molecule has 0 saturated heterocycles. The highest BCUT2D eigenvalue weighted by Gasteiger charge is 2.05. The largest absolute Gasteiger partial charge is 0.505 e. The molecule has 2 aromatic rings. The van der Waals surface area contributed by atoms with Crippen molar-refractivity contribution in [1.29, 1.82) is 0 Å². The SMILES string of the molecule is Oc1c(F)cccc1CNCCn1cccn1. The van der Waals surface area contributed by atoms with E-state index in [-0.39, 0.29) is 5.75 Å². The van der Waals surface area contributed by atoms with E-state index in [4.69, 9.17) is 0 Å². The average Bonchev–Trinajstić information content (AvgIpc) is 2.83. The molecule has 0 atom stereocenters. The maximum Gasteiger partial charge on any atom is 0.165 e. The van der Waals surface area contributed by atoms with Crippen LogP contribution < -0.4 is 5.32 Å². The minimum atomic E-state index is -0.587. The molecule has 90 valence electrons. The molecule has 1 heterocycles. The number of rotatable bonds is 5. The number of halogens is 1. The van der Waals surface area contributed by atoms with Crippen LogP contribution in [0.1, 0.15) is 5.56 Å². The van der Waals surface area contributed by atoms with Gasteiger partial charge in [-0.05, 0) is 12.1 Å². The number of nitrogens with one attached hydrogen (secondary N) is 1. The fraction of sp³-hybridized carbons (Fsp3) is 0.250. The zero-order valence-corrected chi connectivity index (χ0v) is 9.31. The number of para-hydroxylation sites is 1. The number of hydrogen-bond donors (Lipinski definition) is 2. The Morgan fingerprint density at radius 3 is 3.00 bits per heavy atom. The molecule has 17 heavy (non-hydrogen) atoms. The van der Waals surface area contributed by atoms with Crippen LogP contribution in [0.2, 0.25) is 0 Å². The first-order valence-corrected chi connectivity index (χ1v) is 5.42. The number of aromatic hydroxyl groups is 1. The summed E-state index contributed by atoms with van der Waals surface area (Å²) in [7, 11) is 0. The third-order valence-corrected chi connectivity index (χ3v) is 2.46. The van der Waals surface area contributed by atoms with E-state index >= 15 is 0 Å². The molecule has 0 aliphatic heterocycles. The molecular weight excluding hydrogens is 221 g/mol. The van der Waals surface area contributed by atoms with E-state index in [9.17, 15) is 9.50 Å². The molecule has 2 rings (SSSR count). The molecule has 0 saturated carbocycles. The summed E-state index contributed by atoms with van der Waals surface area (Å²) in [6, 6.07) is 6.37. The standard InChI is InChI=1S/C12H14FN3O/c13-11-4-1-3-10(12(11)17)9-14-6-8-16-7-2-5-15-16/h1-5,7,14,17H,6,8-9H2. The van der Waals surface area contributed by atoms with Gasteiger partial charge in [-0.3, -0.25) is 4.68 Å². The smallest absolute Gasteiger partial charge is 0.165 e. The van der Waals surface area contributed by atoms with Gasteiger partial charge in [0.25, 0.3) is 0 Å². The monoisotopic (exact) mass is 235 g/mol. The van der Waals surface area contributed by atoms with Gasteiger partial charge in [-0.25, -0.2) is 4.39 Å². The Hall–Kier alpha value is -1.88. The van der Waals surface area contributed by atoms with Crippen LogP contribution in [0.4, 0.5) is 4.39 Å². The van der Waals surface area contributed by atoms with Crippen molar-refractivity contribution < 1.29 is 9.50 Å². The number of nitrogens with zero attached hydrogens (tertiary/aromatic N) is 2. The highest BCUT2D eigenvalue weighted by atomic mass is 19.1. The maximum atomic E-state index is 13.0. The third kappa shape index (κ3) is 3.04. The molecule has 0 fully saturated rings. The molecule has 0 amide bonds. The number of phenols is 1. The topological polar surface area (TPSA) is 50.1 Å². The van der Waals surface area contributed by atoms with Crippen molar-refractivity contribution in [2.24, 2.45) is 0 Å². The van der Waals surface area contributed by atoms with Crippen LogP contribution >= 0.6 is 0 Å². The summed E-state index contributed by atoms with van der Waals surface area (Å²) in [5.41, 5.74) is 0.561. The lowest BCUT2D eigenvalue weighted by atomic mass is 10.2. The highest BCUT2D eigenvalue weighted by molar-refractivity contribution is 5.33. The molecule has 4 nitrogen and oxygen atoms in total. The van der Waals surface area contributed by atoms with Gasteiger partial charge >= 0.3 is 0 Å². The normalized spacial score (nSPS) is 10.6. The van der Waals surface area contributed by atoms with Crippen molar-refractivity contribution in [3.63, 3.8) is 0 Å². The van der Waals surface area contributed by atoms with Crippen molar-refractivity contribution in [3.05, 3.63) is 48.0 Å². The molecular formula is C12H14FN3O. The summed E-state index contributed by atoms with van der Waals surface area (Å²) in [5.74, 6) is -0.865. The number of benzene rings is 1. The number of phenolic OH excluding ortho intramolecular Hbond substituents is 1. The van der Waals surface area contributed by atoms with Gasteiger partial charge in [-0.2, -0.15) is 5.10 Å². The van der Waals surface area contributed by atoms with E-state index in [0.29, 0.717) is 18.7 Å². The number of aromatic nitrogens is 2. The van der Waals surface area contributed by atoms with Gasteiger partial charge in [0.05, 0.1) is 6.54 Å². The summed E-state index contributed by atoms with van der Waals surface area (Å²) in [5, 5.41) is 16.6. The summed E-state index contributed by atoms with van der Waals surface area (Å²) >= 11 is 0. The van der Waals surface area contributed by atoms with Crippen molar-refractivity contribution in [1.82, 2.24) is 15.1 Å². The fourth-order valence-corrected chi connectivity index (χ4v) is 1.55. The van der Waals surface area contributed by atoms with Gasteiger partial charge in [0, 0.05) is 31.0 Å². The zero-order valence-electron chi connectivity index (χ0n) is 9.31.